The molecule has 1 aliphatic heterocycles. The molecule has 5 nitrogen and oxygen atoms in total. The molecular weight excluding hydrogens is 475 g/mol. The van der Waals surface area contributed by atoms with Gasteiger partial charge in [0.25, 0.3) is 0 Å². The van der Waals surface area contributed by atoms with Crippen molar-refractivity contribution in [1.82, 2.24) is 4.31 Å². The molecule has 0 spiro atoms. The van der Waals surface area contributed by atoms with E-state index in [0.29, 0.717) is 35.1 Å². The molecule has 0 saturated carbocycles. The highest BCUT2D eigenvalue weighted by atomic mass is 79.9. The van der Waals surface area contributed by atoms with Gasteiger partial charge >= 0.3 is 0 Å². The Bertz CT molecular complexity index is 952. The zero-order chi connectivity index (χ0) is 19.6. The largest absolute Gasteiger partial charge is 0.324 e. The molecule has 2 aromatic rings. The summed E-state index contributed by atoms with van der Waals surface area (Å²) in [6.07, 6.45) is 1.23. The summed E-state index contributed by atoms with van der Waals surface area (Å²) in [5, 5.41) is 3.68. The van der Waals surface area contributed by atoms with E-state index in [4.69, 9.17) is 23.2 Å². The average molecular weight is 492 g/mol. The van der Waals surface area contributed by atoms with Crippen LogP contribution in [0, 0.1) is 5.92 Å². The van der Waals surface area contributed by atoms with Gasteiger partial charge in [-0.1, -0.05) is 39.1 Å². The number of nitrogens with one attached hydrogen (secondary N) is 1. The smallest absolute Gasteiger partial charge is 0.243 e. The van der Waals surface area contributed by atoms with Gasteiger partial charge in [-0.25, -0.2) is 8.42 Å². The molecule has 2 aromatic carbocycles. The molecule has 144 valence electrons. The number of sulfonamides is 1. The maximum atomic E-state index is 12.8. The summed E-state index contributed by atoms with van der Waals surface area (Å²) in [6.45, 7) is 0.513. The quantitative estimate of drug-likeness (QED) is 0.668. The maximum Gasteiger partial charge on any atom is 0.243 e. The highest BCUT2D eigenvalue weighted by Crippen LogP contribution is 2.28. The van der Waals surface area contributed by atoms with Crippen molar-refractivity contribution >= 4 is 60.7 Å². The standard InChI is InChI=1S/C18H17BrCl2N2O3S/c19-13-3-8-17(16(21)10-13)22-18(24)12-2-1-9-23(11-12)27(25,26)15-6-4-14(20)5-7-15/h3-8,10,12H,1-2,9,11H2,(H,22,24). The Morgan fingerprint density at radius 2 is 1.85 bits per heavy atom. The number of piperidine rings is 1. The number of carbonyl (C=O) groups excluding carboxylic acids is 1. The Kier molecular flexibility index (Phi) is 6.48. The highest BCUT2D eigenvalue weighted by molar-refractivity contribution is 9.10. The molecule has 1 atom stereocenters. The Labute approximate surface area is 176 Å². The Hall–Kier alpha value is -1.12. The summed E-state index contributed by atoms with van der Waals surface area (Å²) in [5.74, 6) is -0.684. The molecule has 1 aliphatic rings. The van der Waals surface area contributed by atoms with Gasteiger partial charge in [-0.15, -0.1) is 0 Å². The number of benzene rings is 2. The van der Waals surface area contributed by atoms with Crippen LogP contribution >= 0.6 is 39.1 Å². The third kappa shape index (κ3) is 4.84. The third-order valence-electron chi connectivity index (χ3n) is 4.40. The van der Waals surface area contributed by atoms with Crippen molar-refractivity contribution in [2.45, 2.75) is 17.7 Å². The van der Waals surface area contributed by atoms with Gasteiger partial charge in [0.2, 0.25) is 15.9 Å². The summed E-state index contributed by atoms with van der Waals surface area (Å²) in [5.41, 5.74) is 0.502. The Balaban J connectivity index is 1.73. The summed E-state index contributed by atoms with van der Waals surface area (Å²) in [6, 6.07) is 11.2. The molecule has 0 aromatic heterocycles. The third-order valence-corrected chi connectivity index (χ3v) is 7.33. The molecule has 1 N–H and O–H groups in total. The van der Waals surface area contributed by atoms with E-state index in [1.165, 1.54) is 28.6 Å². The highest BCUT2D eigenvalue weighted by Gasteiger charge is 2.33. The minimum atomic E-state index is -3.67. The van der Waals surface area contributed by atoms with Crippen LogP contribution in [0.15, 0.2) is 51.8 Å². The van der Waals surface area contributed by atoms with E-state index < -0.39 is 15.9 Å². The van der Waals surface area contributed by atoms with Gasteiger partial charge in [-0.05, 0) is 55.3 Å². The molecule has 0 radical (unpaired) electrons. The fourth-order valence-corrected chi connectivity index (χ4v) is 5.33. The fourth-order valence-electron chi connectivity index (χ4n) is 2.96. The van der Waals surface area contributed by atoms with Crippen LogP contribution in [0.3, 0.4) is 0 Å². The lowest BCUT2D eigenvalue weighted by Crippen LogP contribution is -2.43. The minimum Gasteiger partial charge on any atom is -0.324 e. The van der Waals surface area contributed by atoms with Crippen molar-refractivity contribution in [3.8, 4) is 0 Å². The van der Waals surface area contributed by atoms with Crippen LogP contribution in [-0.2, 0) is 14.8 Å². The zero-order valence-corrected chi connectivity index (χ0v) is 18.1. The predicted molar refractivity (Wildman–Crippen MR) is 111 cm³/mol. The first-order valence-corrected chi connectivity index (χ1v) is 11.3. The number of hydrogen-bond acceptors (Lipinski definition) is 3. The second kappa shape index (κ2) is 8.49. The molecule has 3 rings (SSSR count). The number of anilines is 1. The summed E-state index contributed by atoms with van der Waals surface area (Å²) < 4.78 is 27.8. The van der Waals surface area contributed by atoms with Crippen molar-refractivity contribution in [2.75, 3.05) is 18.4 Å². The van der Waals surface area contributed by atoms with Crippen molar-refractivity contribution in [3.63, 3.8) is 0 Å². The van der Waals surface area contributed by atoms with Crippen LogP contribution in [0.5, 0.6) is 0 Å². The number of nitrogens with zero attached hydrogens (tertiary/aromatic N) is 1. The first kappa shape index (κ1) is 20.6. The normalized spacial score (nSPS) is 18.3. The average Bonchev–Trinajstić information content (AvgIpc) is 2.64. The molecule has 1 saturated heterocycles. The van der Waals surface area contributed by atoms with Crippen LogP contribution in [0.2, 0.25) is 10.0 Å². The predicted octanol–water partition coefficient (Wildman–Crippen LogP) is 4.80. The minimum absolute atomic E-state index is 0.130. The second-order valence-corrected chi connectivity index (χ2v) is 9.97. The lowest BCUT2D eigenvalue weighted by molar-refractivity contribution is -0.120. The summed E-state index contributed by atoms with van der Waals surface area (Å²) in [4.78, 5) is 12.8. The van der Waals surface area contributed by atoms with E-state index in [9.17, 15) is 13.2 Å². The van der Waals surface area contributed by atoms with Gasteiger partial charge in [0.05, 0.1) is 21.5 Å². The molecule has 0 bridgehead atoms. The Morgan fingerprint density at radius 3 is 2.52 bits per heavy atom. The van der Waals surface area contributed by atoms with E-state index in [1.807, 2.05) is 0 Å². The maximum absolute atomic E-state index is 12.8. The van der Waals surface area contributed by atoms with E-state index >= 15 is 0 Å². The van der Waals surface area contributed by atoms with E-state index in [2.05, 4.69) is 21.2 Å². The van der Waals surface area contributed by atoms with E-state index in [-0.39, 0.29) is 17.3 Å². The van der Waals surface area contributed by atoms with Crippen molar-refractivity contribution in [3.05, 3.63) is 57.0 Å². The molecule has 9 heteroatoms. The fraction of sp³-hybridized carbons (Fsp3) is 0.278. The van der Waals surface area contributed by atoms with Gasteiger partial charge in [-0.3, -0.25) is 4.79 Å². The molecule has 1 amide bonds. The molecule has 0 aliphatic carbocycles. The second-order valence-electron chi connectivity index (χ2n) is 6.27. The molecule has 1 unspecified atom stereocenters. The monoisotopic (exact) mass is 490 g/mol. The van der Waals surface area contributed by atoms with Crippen LogP contribution in [0.25, 0.3) is 0 Å². The first-order chi connectivity index (χ1) is 12.8. The molecular formula is C18H17BrCl2N2O3S. The number of rotatable bonds is 4. The van der Waals surface area contributed by atoms with Crippen molar-refractivity contribution in [2.24, 2.45) is 5.92 Å². The number of carbonyl (C=O) groups is 1. The van der Waals surface area contributed by atoms with Crippen molar-refractivity contribution in [1.29, 1.82) is 0 Å². The van der Waals surface area contributed by atoms with Gasteiger partial charge < -0.3 is 5.32 Å². The number of amides is 1. The first-order valence-electron chi connectivity index (χ1n) is 8.29. The lowest BCUT2D eigenvalue weighted by Gasteiger charge is -2.31. The SMILES string of the molecule is O=C(Nc1ccc(Br)cc1Cl)C1CCCN(S(=O)(=O)c2ccc(Cl)cc2)C1. The van der Waals surface area contributed by atoms with Crippen molar-refractivity contribution < 1.29 is 13.2 Å². The van der Waals surface area contributed by atoms with Gasteiger partial charge in [0, 0.05) is 22.6 Å². The van der Waals surface area contributed by atoms with Crippen LogP contribution in [0.4, 0.5) is 5.69 Å². The Morgan fingerprint density at radius 1 is 1.15 bits per heavy atom. The van der Waals surface area contributed by atoms with Gasteiger partial charge in [-0.2, -0.15) is 4.31 Å². The van der Waals surface area contributed by atoms with Gasteiger partial charge in [0.15, 0.2) is 0 Å². The number of hydrogen-bond donors (Lipinski definition) is 1. The molecule has 1 fully saturated rings. The lowest BCUT2D eigenvalue weighted by atomic mass is 9.99. The molecule has 1 heterocycles. The summed E-state index contributed by atoms with van der Waals surface area (Å²) >= 11 is 15.3. The van der Waals surface area contributed by atoms with Gasteiger partial charge in [0.1, 0.15) is 0 Å². The van der Waals surface area contributed by atoms with E-state index in [1.54, 1.807) is 18.2 Å². The summed E-state index contributed by atoms with van der Waals surface area (Å²) in [7, 11) is -3.67. The van der Waals surface area contributed by atoms with Crippen LogP contribution in [-0.4, -0.2) is 31.7 Å². The topological polar surface area (TPSA) is 66.5 Å². The van der Waals surface area contributed by atoms with Crippen LogP contribution < -0.4 is 5.32 Å². The zero-order valence-electron chi connectivity index (χ0n) is 14.2. The number of halogens is 3. The van der Waals surface area contributed by atoms with E-state index in [0.717, 1.165) is 4.47 Å². The molecule has 27 heavy (non-hydrogen) atoms. The van der Waals surface area contributed by atoms with Crippen LogP contribution in [0.1, 0.15) is 12.8 Å².